The molecule has 0 radical (unpaired) electrons. The minimum absolute atomic E-state index is 0.233. The van der Waals surface area contributed by atoms with E-state index in [4.69, 9.17) is 10.5 Å². The normalized spacial score (nSPS) is 14.4. The molecule has 0 aliphatic heterocycles. The second-order valence-electron chi connectivity index (χ2n) is 8.46. The smallest absolute Gasteiger partial charge is 0.148 e. The minimum atomic E-state index is -0.366. The quantitative estimate of drug-likeness (QED) is 0.403. The molecule has 2 aromatic carbocycles. The number of hydrogen-bond donors (Lipinski definition) is 1. The average Bonchev–Trinajstić information content (AvgIpc) is 3.37. The number of ether oxygens (including phenoxy) is 1. The van der Waals surface area contributed by atoms with Crippen LogP contribution in [0.3, 0.4) is 0 Å². The van der Waals surface area contributed by atoms with Crippen LogP contribution in [0.1, 0.15) is 31.5 Å². The highest BCUT2D eigenvalue weighted by Crippen LogP contribution is 2.36. The summed E-state index contributed by atoms with van der Waals surface area (Å²) in [4.78, 5) is 8.72. The molecule has 8 nitrogen and oxygen atoms in total. The fourth-order valence-electron chi connectivity index (χ4n) is 4.08. The topological polar surface area (TPSA) is 96.7 Å². The van der Waals surface area contributed by atoms with Gasteiger partial charge in [0.15, 0.2) is 0 Å². The van der Waals surface area contributed by atoms with Gasteiger partial charge in [-0.3, -0.25) is 0 Å². The molecule has 0 bridgehead atoms. The maximum Gasteiger partial charge on any atom is 0.148 e. The lowest BCUT2D eigenvalue weighted by Gasteiger charge is -2.11. The molecule has 170 valence electrons. The van der Waals surface area contributed by atoms with Gasteiger partial charge in [0.05, 0.1) is 23.7 Å². The summed E-state index contributed by atoms with van der Waals surface area (Å²) in [6.07, 6.45) is 7.75. The van der Waals surface area contributed by atoms with Crippen LogP contribution in [-0.4, -0.2) is 35.6 Å². The molecule has 1 aliphatic rings. The van der Waals surface area contributed by atoms with Gasteiger partial charge >= 0.3 is 0 Å². The standard InChI is InChI=1S/C25H22FN7O/c1-15(21-13-33(31-30-21)22-5-3-2-4-20(22)26)32-12-19(23-24(27)28-14-29-25(23)32)16-6-8-17(9-7-16)34-18-10-11-18/h2-9,12-15,18H,10-11H2,1H3,(H2,27,28,29). The second kappa shape index (κ2) is 7.95. The number of nitrogens with zero attached hydrogens (tertiary/aromatic N) is 6. The van der Waals surface area contributed by atoms with Crippen molar-refractivity contribution in [2.24, 2.45) is 0 Å². The molecule has 9 heteroatoms. The van der Waals surface area contributed by atoms with Crippen molar-refractivity contribution in [3.8, 4) is 22.6 Å². The number of fused-ring (bicyclic) bond motifs is 1. The summed E-state index contributed by atoms with van der Waals surface area (Å²) in [6.45, 7) is 1.99. The predicted molar refractivity (Wildman–Crippen MR) is 126 cm³/mol. The summed E-state index contributed by atoms with van der Waals surface area (Å²) < 4.78 is 23.5. The molecular weight excluding hydrogens is 433 g/mol. The zero-order valence-electron chi connectivity index (χ0n) is 18.5. The van der Waals surface area contributed by atoms with Gasteiger partial charge in [-0.1, -0.05) is 29.5 Å². The molecule has 0 saturated heterocycles. The van der Waals surface area contributed by atoms with Gasteiger partial charge in [-0.2, -0.15) is 0 Å². The lowest BCUT2D eigenvalue weighted by molar-refractivity contribution is 0.303. The van der Waals surface area contributed by atoms with E-state index in [-0.39, 0.29) is 11.9 Å². The van der Waals surface area contributed by atoms with Crippen LogP contribution < -0.4 is 10.5 Å². The third-order valence-corrected chi connectivity index (χ3v) is 6.09. The molecule has 6 rings (SSSR count). The number of nitrogen functional groups attached to an aromatic ring is 1. The van der Waals surface area contributed by atoms with Crippen molar-refractivity contribution >= 4 is 16.9 Å². The molecule has 34 heavy (non-hydrogen) atoms. The molecule has 1 aliphatic carbocycles. The maximum absolute atomic E-state index is 14.2. The second-order valence-corrected chi connectivity index (χ2v) is 8.46. The number of rotatable bonds is 6. The lowest BCUT2D eigenvalue weighted by atomic mass is 10.1. The first kappa shape index (κ1) is 20.3. The van der Waals surface area contributed by atoms with E-state index >= 15 is 0 Å². The number of benzene rings is 2. The number of halogens is 1. The first-order valence-corrected chi connectivity index (χ1v) is 11.1. The Morgan fingerprint density at radius 1 is 1.06 bits per heavy atom. The van der Waals surface area contributed by atoms with E-state index in [2.05, 4.69) is 20.3 Å². The summed E-state index contributed by atoms with van der Waals surface area (Å²) >= 11 is 0. The molecule has 0 amide bonds. The van der Waals surface area contributed by atoms with Gasteiger partial charge in [-0.25, -0.2) is 19.0 Å². The van der Waals surface area contributed by atoms with Crippen LogP contribution in [0.25, 0.3) is 27.8 Å². The highest BCUT2D eigenvalue weighted by molar-refractivity contribution is 6.00. The van der Waals surface area contributed by atoms with Crippen LogP contribution in [0.15, 0.2) is 67.3 Å². The number of nitrogens with two attached hydrogens (primary N) is 1. The van der Waals surface area contributed by atoms with Crippen LogP contribution >= 0.6 is 0 Å². The van der Waals surface area contributed by atoms with E-state index in [1.54, 1.807) is 24.4 Å². The van der Waals surface area contributed by atoms with Gasteiger partial charge in [-0.15, -0.1) is 5.10 Å². The summed E-state index contributed by atoms with van der Waals surface area (Å²) in [5.74, 6) is 0.895. The van der Waals surface area contributed by atoms with Gasteiger partial charge in [0.1, 0.15) is 40.7 Å². The van der Waals surface area contributed by atoms with Crippen molar-refractivity contribution in [3.63, 3.8) is 0 Å². The average molecular weight is 455 g/mol. The van der Waals surface area contributed by atoms with E-state index in [0.717, 1.165) is 35.1 Å². The highest BCUT2D eigenvalue weighted by atomic mass is 19.1. The van der Waals surface area contributed by atoms with Crippen molar-refractivity contribution in [1.29, 1.82) is 0 Å². The Balaban J connectivity index is 1.40. The molecule has 1 atom stereocenters. The van der Waals surface area contributed by atoms with E-state index in [1.807, 2.05) is 42.0 Å². The third-order valence-electron chi connectivity index (χ3n) is 6.09. The molecule has 1 saturated carbocycles. The van der Waals surface area contributed by atoms with E-state index < -0.39 is 0 Å². The Kier molecular flexibility index (Phi) is 4.75. The monoisotopic (exact) mass is 455 g/mol. The maximum atomic E-state index is 14.2. The number of para-hydroxylation sites is 1. The lowest BCUT2D eigenvalue weighted by Crippen LogP contribution is -2.07. The molecule has 5 aromatic rings. The summed E-state index contributed by atoms with van der Waals surface area (Å²) in [5, 5.41) is 9.21. The third kappa shape index (κ3) is 3.55. The SMILES string of the molecule is CC(c1cn(-c2ccccc2F)nn1)n1cc(-c2ccc(OC3CC3)cc2)c2c(N)ncnc21. The number of hydrogen-bond acceptors (Lipinski definition) is 6. The zero-order chi connectivity index (χ0) is 23.2. The summed E-state index contributed by atoms with van der Waals surface area (Å²) in [6, 6.07) is 14.2. The van der Waals surface area contributed by atoms with Crippen LogP contribution in [0.4, 0.5) is 10.2 Å². The first-order valence-electron chi connectivity index (χ1n) is 11.1. The van der Waals surface area contributed by atoms with Crippen molar-refractivity contribution < 1.29 is 9.13 Å². The predicted octanol–water partition coefficient (Wildman–Crippen LogP) is 4.55. The largest absolute Gasteiger partial charge is 0.490 e. The fourth-order valence-corrected chi connectivity index (χ4v) is 4.08. The van der Waals surface area contributed by atoms with Gasteiger partial charge in [0.25, 0.3) is 0 Å². The van der Waals surface area contributed by atoms with Crippen molar-refractivity contribution in [2.75, 3.05) is 5.73 Å². The molecular formula is C25H22FN7O. The van der Waals surface area contributed by atoms with Gasteiger partial charge in [0, 0.05) is 11.8 Å². The van der Waals surface area contributed by atoms with Crippen LogP contribution in [0.5, 0.6) is 5.75 Å². The summed E-state index contributed by atoms with van der Waals surface area (Å²) in [7, 11) is 0. The van der Waals surface area contributed by atoms with Crippen molar-refractivity contribution in [2.45, 2.75) is 31.9 Å². The Hall–Kier alpha value is -4.27. The van der Waals surface area contributed by atoms with Crippen molar-refractivity contribution in [3.05, 3.63) is 78.8 Å². The molecule has 3 aromatic heterocycles. The molecule has 2 N–H and O–H groups in total. The molecule has 0 spiro atoms. The van der Waals surface area contributed by atoms with E-state index in [0.29, 0.717) is 29.0 Å². The fraction of sp³-hybridized carbons (Fsp3) is 0.200. The van der Waals surface area contributed by atoms with E-state index in [1.165, 1.54) is 17.1 Å². The molecule has 3 heterocycles. The Morgan fingerprint density at radius 2 is 1.85 bits per heavy atom. The Morgan fingerprint density at radius 3 is 2.62 bits per heavy atom. The number of anilines is 1. The number of aromatic nitrogens is 6. The first-order chi connectivity index (χ1) is 16.6. The zero-order valence-corrected chi connectivity index (χ0v) is 18.5. The molecule has 1 unspecified atom stereocenters. The summed E-state index contributed by atoms with van der Waals surface area (Å²) in [5.41, 5.74) is 9.87. The van der Waals surface area contributed by atoms with Crippen LogP contribution in [-0.2, 0) is 0 Å². The van der Waals surface area contributed by atoms with Gasteiger partial charge < -0.3 is 15.0 Å². The highest BCUT2D eigenvalue weighted by Gasteiger charge is 2.24. The van der Waals surface area contributed by atoms with E-state index in [9.17, 15) is 4.39 Å². The van der Waals surface area contributed by atoms with Crippen LogP contribution in [0.2, 0.25) is 0 Å². The van der Waals surface area contributed by atoms with Crippen molar-refractivity contribution in [1.82, 2.24) is 29.5 Å². The van der Waals surface area contributed by atoms with Gasteiger partial charge in [0.2, 0.25) is 0 Å². The molecule has 1 fully saturated rings. The Labute approximate surface area is 194 Å². The van der Waals surface area contributed by atoms with Crippen LogP contribution in [0, 0.1) is 5.82 Å². The van der Waals surface area contributed by atoms with Gasteiger partial charge in [-0.05, 0) is 49.6 Å². The Bertz CT molecular complexity index is 1490. The minimum Gasteiger partial charge on any atom is -0.490 e.